The molecule has 0 aliphatic carbocycles. The SMILES string of the molecule is CCc1nc2scc(-c3ccc(Br)cc3)c2c(=O)n1CCOC. The Morgan fingerprint density at radius 3 is 2.70 bits per heavy atom. The van der Waals surface area contributed by atoms with Crippen LogP contribution in [0.15, 0.2) is 38.9 Å². The minimum Gasteiger partial charge on any atom is -0.383 e. The van der Waals surface area contributed by atoms with Crippen molar-refractivity contribution in [1.29, 1.82) is 0 Å². The Labute approximate surface area is 146 Å². The molecule has 0 unspecified atom stereocenters. The molecule has 0 aliphatic heterocycles. The first-order valence-electron chi connectivity index (χ1n) is 7.41. The summed E-state index contributed by atoms with van der Waals surface area (Å²) >= 11 is 4.96. The van der Waals surface area contributed by atoms with Gasteiger partial charge in [0.05, 0.1) is 18.5 Å². The largest absolute Gasteiger partial charge is 0.383 e. The van der Waals surface area contributed by atoms with E-state index in [0.717, 1.165) is 32.7 Å². The number of halogens is 1. The summed E-state index contributed by atoms with van der Waals surface area (Å²) in [5, 5.41) is 2.72. The van der Waals surface area contributed by atoms with Gasteiger partial charge < -0.3 is 4.74 Å². The molecule has 0 N–H and O–H groups in total. The van der Waals surface area contributed by atoms with E-state index in [0.29, 0.717) is 18.5 Å². The van der Waals surface area contributed by atoms with Crippen molar-refractivity contribution in [2.75, 3.05) is 13.7 Å². The molecule has 6 heteroatoms. The van der Waals surface area contributed by atoms with Gasteiger partial charge in [-0.15, -0.1) is 11.3 Å². The number of methoxy groups -OCH3 is 1. The van der Waals surface area contributed by atoms with Crippen molar-refractivity contribution in [2.45, 2.75) is 19.9 Å². The van der Waals surface area contributed by atoms with Gasteiger partial charge in [0.15, 0.2) is 0 Å². The minimum atomic E-state index is 0.0167. The molecule has 2 heterocycles. The highest BCUT2D eigenvalue weighted by Gasteiger charge is 2.16. The summed E-state index contributed by atoms with van der Waals surface area (Å²) in [7, 11) is 1.64. The lowest BCUT2D eigenvalue weighted by Gasteiger charge is -2.11. The maximum Gasteiger partial charge on any atom is 0.262 e. The van der Waals surface area contributed by atoms with Crippen LogP contribution in [0.1, 0.15) is 12.7 Å². The third-order valence-corrected chi connectivity index (χ3v) is 5.16. The second kappa shape index (κ2) is 6.95. The number of aromatic nitrogens is 2. The Balaban J connectivity index is 2.22. The summed E-state index contributed by atoms with van der Waals surface area (Å²) in [6, 6.07) is 7.99. The van der Waals surface area contributed by atoms with E-state index in [2.05, 4.69) is 20.9 Å². The van der Waals surface area contributed by atoms with Crippen LogP contribution < -0.4 is 5.56 Å². The van der Waals surface area contributed by atoms with Gasteiger partial charge in [-0.1, -0.05) is 35.0 Å². The van der Waals surface area contributed by atoms with Gasteiger partial charge in [-0.3, -0.25) is 9.36 Å². The van der Waals surface area contributed by atoms with Crippen LogP contribution in [0.25, 0.3) is 21.3 Å². The molecule has 1 aromatic carbocycles. The molecule has 0 bridgehead atoms. The molecule has 0 saturated carbocycles. The monoisotopic (exact) mass is 392 g/mol. The molecule has 120 valence electrons. The third-order valence-electron chi connectivity index (χ3n) is 3.76. The molecule has 0 atom stereocenters. The van der Waals surface area contributed by atoms with Crippen molar-refractivity contribution < 1.29 is 4.74 Å². The summed E-state index contributed by atoms with van der Waals surface area (Å²) in [5.74, 6) is 0.809. The predicted molar refractivity (Wildman–Crippen MR) is 98.3 cm³/mol. The summed E-state index contributed by atoms with van der Waals surface area (Å²) in [6.45, 7) is 3.04. The Kier molecular flexibility index (Phi) is 4.94. The van der Waals surface area contributed by atoms with Gasteiger partial charge in [0.1, 0.15) is 10.7 Å². The van der Waals surface area contributed by atoms with E-state index < -0.39 is 0 Å². The number of hydrogen-bond donors (Lipinski definition) is 0. The maximum atomic E-state index is 13.0. The van der Waals surface area contributed by atoms with E-state index in [1.54, 1.807) is 11.7 Å². The molecule has 0 spiro atoms. The Morgan fingerprint density at radius 2 is 2.04 bits per heavy atom. The van der Waals surface area contributed by atoms with Gasteiger partial charge in [-0.05, 0) is 17.7 Å². The molecular weight excluding hydrogens is 376 g/mol. The molecule has 2 aromatic heterocycles. The number of hydrogen-bond acceptors (Lipinski definition) is 4. The zero-order valence-corrected chi connectivity index (χ0v) is 15.4. The zero-order valence-electron chi connectivity index (χ0n) is 13.0. The van der Waals surface area contributed by atoms with Crippen LogP contribution in [-0.4, -0.2) is 23.3 Å². The molecule has 23 heavy (non-hydrogen) atoms. The summed E-state index contributed by atoms with van der Waals surface area (Å²) < 4.78 is 7.89. The number of thiophene rings is 1. The van der Waals surface area contributed by atoms with Crippen LogP contribution in [-0.2, 0) is 17.7 Å². The van der Waals surface area contributed by atoms with Gasteiger partial charge in [0.2, 0.25) is 0 Å². The topological polar surface area (TPSA) is 44.1 Å². The van der Waals surface area contributed by atoms with E-state index in [1.165, 1.54) is 11.3 Å². The predicted octanol–water partition coefficient (Wildman–Crippen LogP) is 4.10. The smallest absolute Gasteiger partial charge is 0.262 e. The molecule has 4 nitrogen and oxygen atoms in total. The van der Waals surface area contributed by atoms with Gasteiger partial charge in [-0.25, -0.2) is 4.98 Å². The fraction of sp³-hybridized carbons (Fsp3) is 0.294. The number of nitrogens with zero attached hydrogens (tertiary/aromatic N) is 2. The molecule has 3 rings (SSSR count). The summed E-state index contributed by atoms with van der Waals surface area (Å²) in [4.78, 5) is 18.5. The highest BCUT2D eigenvalue weighted by Crippen LogP contribution is 2.31. The number of fused-ring (bicyclic) bond motifs is 1. The van der Waals surface area contributed by atoms with Crippen LogP contribution in [0.4, 0.5) is 0 Å². The summed E-state index contributed by atoms with van der Waals surface area (Å²) in [6.07, 6.45) is 0.723. The van der Waals surface area contributed by atoms with E-state index in [-0.39, 0.29) is 5.56 Å². The lowest BCUT2D eigenvalue weighted by molar-refractivity contribution is 0.185. The molecule has 0 aliphatic rings. The van der Waals surface area contributed by atoms with Crippen LogP contribution >= 0.6 is 27.3 Å². The van der Waals surface area contributed by atoms with Crippen molar-refractivity contribution in [3.8, 4) is 11.1 Å². The second-order valence-electron chi connectivity index (χ2n) is 5.17. The standard InChI is InChI=1S/C17H17BrN2O2S/c1-3-14-19-16-15(17(21)20(14)8-9-22-2)13(10-23-16)11-4-6-12(18)7-5-11/h4-7,10H,3,8-9H2,1-2H3. The molecular formula is C17H17BrN2O2S. The van der Waals surface area contributed by atoms with Crippen LogP contribution in [0.5, 0.6) is 0 Å². The third kappa shape index (κ3) is 3.11. The van der Waals surface area contributed by atoms with E-state index in [9.17, 15) is 4.79 Å². The average Bonchev–Trinajstić information content (AvgIpc) is 2.98. The van der Waals surface area contributed by atoms with Crippen LogP contribution in [0.2, 0.25) is 0 Å². The first-order valence-corrected chi connectivity index (χ1v) is 9.08. The normalized spacial score (nSPS) is 11.3. The van der Waals surface area contributed by atoms with Crippen LogP contribution in [0, 0.1) is 0 Å². The maximum absolute atomic E-state index is 13.0. The highest BCUT2D eigenvalue weighted by atomic mass is 79.9. The molecule has 3 aromatic rings. The van der Waals surface area contributed by atoms with E-state index >= 15 is 0 Å². The van der Waals surface area contributed by atoms with Crippen molar-refractivity contribution in [2.24, 2.45) is 0 Å². The Bertz CT molecular complexity index is 884. The van der Waals surface area contributed by atoms with E-state index in [1.807, 2.05) is 36.6 Å². The lowest BCUT2D eigenvalue weighted by Crippen LogP contribution is -2.26. The molecule has 0 fully saturated rings. The zero-order chi connectivity index (χ0) is 16.4. The number of benzene rings is 1. The number of rotatable bonds is 5. The Hall–Kier alpha value is -1.50. The lowest BCUT2D eigenvalue weighted by atomic mass is 10.1. The van der Waals surface area contributed by atoms with Crippen molar-refractivity contribution >= 4 is 37.5 Å². The van der Waals surface area contributed by atoms with E-state index in [4.69, 9.17) is 4.74 Å². The number of aryl methyl sites for hydroxylation is 1. The van der Waals surface area contributed by atoms with Gasteiger partial charge in [0, 0.05) is 28.9 Å². The van der Waals surface area contributed by atoms with Gasteiger partial charge in [0.25, 0.3) is 5.56 Å². The fourth-order valence-electron chi connectivity index (χ4n) is 2.59. The van der Waals surface area contributed by atoms with Gasteiger partial charge in [-0.2, -0.15) is 0 Å². The average molecular weight is 393 g/mol. The Morgan fingerprint density at radius 1 is 1.30 bits per heavy atom. The number of ether oxygens (including phenoxy) is 1. The second-order valence-corrected chi connectivity index (χ2v) is 6.94. The van der Waals surface area contributed by atoms with Crippen LogP contribution in [0.3, 0.4) is 0 Å². The van der Waals surface area contributed by atoms with Gasteiger partial charge >= 0.3 is 0 Å². The summed E-state index contributed by atoms with van der Waals surface area (Å²) in [5.41, 5.74) is 1.99. The molecule has 0 radical (unpaired) electrons. The molecule has 0 saturated heterocycles. The minimum absolute atomic E-state index is 0.0167. The fourth-order valence-corrected chi connectivity index (χ4v) is 3.81. The first-order chi connectivity index (χ1) is 11.2. The van der Waals surface area contributed by atoms with Crippen molar-refractivity contribution in [3.05, 3.63) is 50.3 Å². The first kappa shape index (κ1) is 16.4. The highest BCUT2D eigenvalue weighted by molar-refractivity contribution is 9.10. The quantitative estimate of drug-likeness (QED) is 0.656. The van der Waals surface area contributed by atoms with Crippen molar-refractivity contribution in [1.82, 2.24) is 9.55 Å². The molecule has 0 amide bonds. The van der Waals surface area contributed by atoms with Crippen molar-refractivity contribution in [3.63, 3.8) is 0 Å².